The summed E-state index contributed by atoms with van der Waals surface area (Å²) < 4.78 is 16.5. The van der Waals surface area contributed by atoms with Crippen LogP contribution in [0.15, 0.2) is 75.9 Å². The first kappa shape index (κ1) is 21.4. The second kappa shape index (κ2) is 9.56. The number of aryl methyl sites for hydroxylation is 3. The van der Waals surface area contributed by atoms with Crippen molar-refractivity contribution >= 4 is 11.6 Å². The molecule has 0 aliphatic heterocycles. The third-order valence-electron chi connectivity index (χ3n) is 5.38. The largest absolute Gasteiger partial charge is 0.489 e. The maximum absolute atomic E-state index is 13.2. The van der Waals surface area contributed by atoms with Gasteiger partial charge in [-0.15, -0.1) is 0 Å². The van der Waals surface area contributed by atoms with Crippen LogP contribution < -0.4 is 9.64 Å². The van der Waals surface area contributed by atoms with Gasteiger partial charge in [0.15, 0.2) is 0 Å². The molecular formula is C26H26N2O4. The topological polar surface area (TPSA) is 68.7 Å². The zero-order valence-electron chi connectivity index (χ0n) is 18.5. The summed E-state index contributed by atoms with van der Waals surface area (Å²) in [6, 6.07) is 19.2. The van der Waals surface area contributed by atoms with Crippen LogP contribution in [0.3, 0.4) is 0 Å². The first-order valence-corrected chi connectivity index (χ1v) is 10.5. The zero-order valence-corrected chi connectivity index (χ0v) is 18.5. The molecule has 6 nitrogen and oxygen atoms in total. The predicted octanol–water partition coefficient (Wildman–Crippen LogP) is 5.55. The highest BCUT2D eigenvalue weighted by molar-refractivity contribution is 5.94. The second-order valence-electron chi connectivity index (χ2n) is 7.81. The maximum atomic E-state index is 13.2. The molecule has 4 aromatic rings. The van der Waals surface area contributed by atoms with Crippen molar-refractivity contribution in [1.29, 1.82) is 0 Å². The highest BCUT2D eigenvalue weighted by atomic mass is 16.5. The molecule has 2 aromatic carbocycles. The summed E-state index contributed by atoms with van der Waals surface area (Å²) in [6.45, 7) is 6.57. The van der Waals surface area contributed by atoms with E-state index in [4.69, 9.17) is 13.7 Å². The van der Waals surface area contributed by atoms with Crippen molar-refractivity contribution in [2.45, 2.75) is 40.3 Å². The molecule has 0 atom stereocenters. The Kier molecular flexibility index (Phi) is 6.40. The van der Waals surface area contributed by atoms with E-state index in [9.17, 15) is 4.79 Å². The van der Waals surface area contributed by atoms with Crippen LogP contribution in [0.1, 0.15) is 33.9 Å². The molecule has 32 heavy (non-hydrogen) atoms. The molecule has 0 spiro atoms. The van der Waals surface area contributed by atoms with Crippen molar-refractivity contribution in [3.8, 4) is 5.75 Å². The number of rotatable bonds is 8. The summed E-state index contributed by atoms with van der Waals surface area (Å²) in [4.78, 5) is 15.0. The van der Waals surface area contributed by atoms with Gasteiger partial charge in [-0.05, 0) is 62.7 Å². The molecule has 0 unspecified atom stereocenters. The number of aromatic nitrogens is 1. The van der Waals surface area contributed by atoms with Gasteiger partial charge >= 0.3 is 0 Å². The fourth-order valence-electron chi connectivity index (χ4n) is 3.44. The quantitative estimate of drug-likeness (QED) is 0.367. The first-order valence-electron chi connectivity index (χ1n) is 10.5. The molecule has 0 saturated carbocycles. The van der Waals surface area contributed by atoms with Gasteiger partial charge in [-0.3, -0.25) is 4.79 Å². The molecule has 0 aliphatic rings. The Balaban J connectivity index is 1.43. The highest BCUT2D eigenvalue weighted by Crippen LogP contribution is 2.22. The lowest BCUT2D eigenvalue weighted by atomic mass is 10.1. The van der Waals surface area contributed by atoms with Gasteiger partial charge in [-0.2, -0.15) is 0 Å². The summed E-state index contributed by atoms with van der Waals surface area (Å²) in [7, 11) is 0. The van der Waals surface area contributed by atoms with Gasteiger partial charge in [-0.1, -0.05) is 35.0 Å². The number of anilines is 1. The van der Waals surface area contributed by atoms with Crippen molar-refractivity contribution in [2.75, 3.05) is 4.90 Å². The van der Waals surface area contributed by atoms with E-state index >= 15 is 0 Å². The van der Waals surface area contributed by atoms with Gasteiger partial charge in [-0.25, -0.2) is 0 Å². The van der Waals surface area contributed by atoms with Gasteiger partial charge in [0, 0.05) is 5.69 Å². The summed E-state index contributed by atoms with van der Waals surface area (Å²) >= 11 is 0. The van der Waals surface area contributed by atoms with E-state index < -0.39 is 0 Å². The highest BCUT2D eigenvalue weighted by Gasteiger charge is 2.18. The average molecular weight is 431 g/mol. The summed E-state index contributed by atoms with van der Waals surface area (Å²) in [5.74, 6) is 2.22. The fraction of sp³-hybridized carbons (Fsp3) is 0.231. The minimum Gasteiger partial charge on any atom is -0.489 e. The second-order valence-corrected chi connectivity index (χ2v) is 7.81. The van der Waals surface area contributed by atoms with Gasteiger partial charge in [0.2, 0.25) is 5.91 Å². The number of hydrogen-bond acceptors (Lipinski definition) is 5. The van der Waals surface area contributed by atoms with Crippen LogP contribution in [-0.2, 0) is 24.4 Å². The SMILES string of the molecule is Cc1ccc(N(Cc2ccco2)C(=O)Cc2ccc(OCc3c(C)noc3C)cc2)cc1. The number of benzene rings is 2. The number of hydrogen-bond donors (Lipinski definition) is 0. The number of ether oxygens (including phenoxy) is 1. The van der Waals surface area contributed by atoms with Gasteiger partial charge in [0.25, 0.3) is 0 Å². The molecule has 0 aliphatic carbocycles. The van der Waals surface area contributed by atoms with Crippen LogP contribution in [0.4, 0.5) is 5.69 Å². The zero-order chi connectivity index (χ0) is 22.5. The number of nitrogens with zero attached hydrogens (tertiary/aromatic N) is 2. The van der Waals surface area contributed by atoms with Crippen molar-refractivity contribution in [3.05, 3.63) is 101 Å². The van der Waals surface area contributed by atoms with Crippen molar-refractivity contribution in [2.24, 2.45) is 0 Å². The first-order chi connectivity index (χ1) is 15.5. The molecule has 0 radical (unpaired) electrons. The molecule has 0 saturated heterocycles. The molecule has 0 N–H and O–H groups in total. The van der Waals surface area contributed by atoms with Crippen LogP contribution in [0, 0.1) is 20.8 Å². The molecule has 2 aromatic heterocycles. The Morgan fingerprint density at radius 1 is 1.00 bits per heavy atom. The van der Waals surface area contributed by atoms with E-state index in [-0.39, 0.29) is 12.3 Å². The lowest BCUT2D eigenvalue weighted by Gasteiger charge is -2.22. The fourth-order valence-corrected chi connectivity index (χ4v) is 3.44. The Hall–Kier alpha value is -3.80. The number of carbonyl (C=O) groups excluding carboxylic acids is 1. The van der Waals surface area contributed by atoms with Gasteiger partial charge in [0.05, 0.1) is 30.5 Å². The molecule has 4 rings (SSSR count). The number of furan rings is 1. The molecule has 0 fully saturated rings. The lowest BCUT2D eigenvalue weighted by Crippen LogP contribution is -2.31. The minimum absolute atomic E-state index is 0.00496. The van der Waals surface area contributed by atoms with E-state index in [1.54, 1.807) is 11.2 Å². The van der Waals surface area contributed by atoms with E-state index in [2.05, 4.69) is 5.16 Å². The Morgan fingerprint density at radius 2 is 1.75 bits per heavy atom. The minimum atomic E-state index is -0.00496. The summed E-state index contributed by atoms with van der Waals surface area (Å²) in [5.41, 5.74) is 4.69. The lowest BCUT2D eigenvalue weighted by molar-refractivity contribution is -0.118. The van der Waals surface area contributed by atoms with Crippen LogP contribution in [-0.4, -0.2) is 11.1 Å². The van der Waals surface area contributed by atoms with Crippen LogP contribution in [0.2, 0.25) is 0 Å². The van der Waals surface area contributed by atoms with Gasteiger partial charge < -0.3 is 18.6 Å². The predicted molar refractivity (Wildman–Crippen MR) is 122 cm³/mol. The summed E-state index contributed by atoms with van der Waals surface area (Å²) in [5, 5.41) is 3.94. The van der Waals surface area contributed by atoms with Crippen molar-refractivity contribution < 1.29 is 18.5 Å². The Bertz CT molecular complexity index is 1140. The van der Waals surface area contributed by atoms with E-state index in [1.165, 1.54) is 0 Å². The average Bonchev–Trinajstić information content (AvgIpc) is 3.42. The van der Waals surface area contributed by atoms with Crippen LogP contribution in [0.5, 0.6) is 5.75 Å². The summed E-state index contributed by atoms with van der Waals surface area (Å²) in [6.07, 6.45) is 1.90. The number of amides is 1. The van der Waals surface area contributed by atoms with E-state index in [1.807, 2.05) is 81.4 Å². The standard InChI is InChI=1S/C26H26N2O4/c1-18-6-10-22(11-7-18)28(16-24-5-4-14-30-24)26(29)15-21-8-12-23(13-9-21)31-17-25-19(2)27-32-20(25)3/h4-14H,15-17H2,1-3H3. The smallest absolute Gasteiger partial charge is 0.231 e. The Labute approximate surface area is 187 Å². The van der Waals surface area contributed by atoms with Crippen molar-refractivity contribution in [3.63, 3.8) is 0 Å². The Morgan fingerprint density at radius 3 is 2.38 bits per heavy atom. The number of carbonyl (C=O) groups is 1. The maximum Gasteiger partial charge on any atom is 0.231 e. The molecule has 2 heterocycles. The monoisotopic (exact) mass is 430 g/mol. The van der Waals surface area contributed by atoms with Crippen molar-refractivity contribution in [1.82, 2.24) is 5.16 Å². The molecule has 1 amide bonds. The molecule has 6 heteroatoms. The molecule has 0 bridgehead atoms. The molecular weight excluding hydrogens is 404 g/mol. The van der Waals surface area contributed by atoms with E-state index in [0.29, 0.717) is 13.2 Å². The third kappa shape index (κ3) is 5.09. The van der Waals surface area contributed by atoms with Crippen LogP contribution >= 0.6 is 0 Å². The normalized spacial score (nSPS) is 10.8. The van der Waals surface area contributed by atoms with E-state index in [0.717, 1.165) is 45.3 Å². The van der Waals surface area contributed by atoms with Gasteiger partial charge in [0.1, 0.15) is 23.9 Å². The molecule has 164 valence electrons. The van der Waals surface area contributed by atoms with Crippen LogP contribution in [0.25, 0.3) is 0 Å². The third-order valence-corrected chi connectivity index (χ3v) is 5.38.